The van der Waals surface area contributed by atoms with Crippen LogP contribution in [0.2, 0.25) is 15.1 Å². The number of benzene rings is 3. The Morgan fingerprint density at radius 1 is 0.806 bits per heavy atom. The quantitative estimate of drug-likeness (QED) is 0.405. The van der Waals surface area contributed by atoms with Crippen LogP contribution in [0.15, 0.2) is 78.0 Å². The summed E-state index contributed by atoms with van der Waals surface area (Å²) in [5.74, 6) is 0.188. The molecule has 0 aromatic heterocycles. The van der Waals surface area contributed by atoms with Crippen LogP contribution in [0.3, 0.4) is 0 Å². The van der Waals surface area contributed by atoms with Gasteiger partial charge in [-0.3, -0.25) is 4.79 Å². The number of halogens is 3. The van der Waals surface area contributed by atoms with E-state index in [9.17, 15) is 4.79 Å². The van der Waals surface area contributed by atoms with Gasteiger partial charge in [-0.15, -0.1) is 0 Å². The maximum Gasteiger partial charge on any atom is 0.163 e. The number of ketones is 1. The van der Waals surface area contributed by atoms with Gasteiger partial charge in [-0.2, -0.15) is 0 Å². The van der Waals surface area contributed by atoms with E-state index in [-0.39, 0.29) is 17.7 Å². The Hall–Kier alpha value is -2.46. The third kappa shape index (κ3) is 3.94. The maximum atomic E-state index is 13.5. The molecule has 2 aliphatic rings. The second kappa shape index (κ2) is 8.23. The molecule has 2 atom stereocenters. The molecule has 31 heavy (non-hydrogen) atoms. The number of hydrogen-bond acceptors (Lipinski definition) is 3. The number of nitrogens with one attached hydrogen (secondary N) is 2. The lowest BCUT2D eigenvalue weighted by Crippen LogP contribution is -2.27. The van der Waals surface area contributed by atoms with Crippen molar-refractivity contribution in [1.82, 2.24) is 0 Å². The zero-order valence-corrected chi connectivity index (χ0v) is 18.7. The van der Waals surface area contributed by atoms with Crippen molar-refractivity contribution >= 4 is 52.0 Å². The summed E-state index contributed by atoms with van der Waals surface area (Å²) in [5, 5.41) is 8.86. The van der Waals surface area contributed by atoms with Crippen LogP contribution in [-0.4, -0.2) is 5.78 Å². The molecule has 156 valence electrons. The van der Waals surface area contributed by atoms with E-state index in [0.717, 1.165) is 40.2 Å². The van der Waals surface area contributed by atoms with E-state index in [4.69, 9.17) is 34.8 Å². The van der Waals surface area contributed by atoms with Gasteiger partial charge in [0.15, 0.2) is 5.78 Å². The first-order chi connectivity index (χ1) is 15.0. The van der Waals surface area contributed by atoms with Crippen LogP contribution in [-0.2, 0) is 4.79 Å². The van der Waals surface area contributed by atoms with Crippen molar-refractivity contribution < 1.29 is 4.79 Å². The standard InChI is InChI=1S/C25H19Cl3N2O/c26-16-7-5-14(6-8-16)15-11-22-24(23(31)12-15)25(18-10-9-17(27)13-19(18)28)30-21-4-2-1-3-20(21)29-22/h1-10,13,15,25,29-30H,11-12H2/t15-,25-/m0/s1. The summed E-state index contributed by atoms with van der Waals surface area (Å²) in [6, 6.07) is 20.7. The van der Waals surface area contributed by atoms with Gasteiger partial charge in [0.25, 0.3) is 0 Å². The van der Waals surface area contributed by atoms with E-state index >= 15 is 0 Å². The largest absolute Gasteiger partial charge is 0.372 e. The molecule has 3 nitrogen and oxygen atoms in total. The summed E-state index contributed by atoms with van der Waals surface area (Å²) < 4.78 is 0. The summed E-state index contributed by atoms with van der Waals surface area (Å²) >= 11 is 18.8. The maximum absolute atomic E-state index is 13.5. The highest BCUT2D eigenvalue weighted by atomic mass is 35.5. The molecule has 0 bridgehead atoms. The molecule has 3 aromatic carbocycles. The molecule has 1 heterocycles. The molecular formula is C25H19Cl3N2O. The molecular weight excluding hydrogens is 451 g/mol. The van der Waals surface area contributed by atoms with Crippen molar-refractivity contribution in [3.8, 4) is 0 Å². The Labute approximate surface area is 196 Å². The zero-order valence-electron chi connectivity index (χ0n) is 16.5. The molecule has 0 amide bonds. The van der Waals surface area contributed by atoms with E-state index in [1.807, 2.05) is 54.6 Å². The highest BCUT2D eigenvalue weighted by Crippen LogP contribution is 2.45. The average molecular weight is 470 g/mol. The van der Waals surface area contributed by atoms with Gasteiger partial charge in [-0.1, -0.05) is 65.1 Å². The van der Waals surface area contributed by atoms with Gasteiger partial charge in [0, 0.05) is 32.8 Å². The van der Waals surface area contributed by atoms with Crippen LogP contribution in [0.25, 0.3) is 0 Å². The minimum absolute atomic E-state index is 0.0858. The van der Waals surface area contributed by atoms with Crippen molar-refractivity contribution in [3.05, 3.63) is 104 Å². The minimum atomic E-state index is -0.366. The van der Waals surface area contributed by atoms with Gasteiger partial charge >= 0.3 is 0 Å². The topological polar surface area (TPSA) is 41.1 Å². The summed E-state index contributed by atoms with van der Waals surface area (Å²) in [5.41, 5.74) is 5.44. The Balaban J connectivity index is 1.62. The second-order valence-corrected chi connectivity index (χ2v) is 9.17. The average Bonchev–Trinajstić information content (AvgIpc) is 2.91. The minimum Gasteiger partial charge on any atom is -0.372 e. The van der Waals surface area contributed by atoms with Gasteiger partial charge < -0.3 is 10.6 Å². The van der Waals surface area contributed by atoms with Crippen molar-refractivity contribution in [2.24, 2.45) is 0 Å². The van der Waals surface area contributed by atoms with Crippen molar-refractivity contribution in [2.75, 3.05) is 10.6 Å². The number of allylic oxidation sites excluding steroid dienone is 1. The van der Waals surface area contributed by atoms with Crippen LogP contribution in [0.5, 0.6) is 0 Å². The molecule has 1 aliphatic heterocycles. The molecule has 3 aromatic rings. The Bertz CT molecular complexity index is 1200. The molecule has 0 spiro atoms. The molecule has 0 saturated heterocycles. The first kappa shape index (κ1) is 20.4. The Morgan fingerprint density at radius 3 is 2.26 bits per heavy atom. The van der Waals surface area contributed by atoms with Crippen LogP contribution in [0.1, 0.15) is 35.9 Å². The van der Waals surface area contributed by atoms with Gasteiger partial charge in [0.1, 0.15) is 0 Å². The van der Waals surface area contributed by atoms with Crippen molar-refractivity contribution in [3.63, 3.8) is 0 Å². The van der Waals surface area contributed by atoms with Crippen LogP contribution >= 0.6 is 34.8 Å². The number of hydrogen-bond donors (Lipinski definition) is 2. The summed E-state index contributed by atoms with van der Waals surface area (Å²) in [6.45, 7) is 0. The fourth-order valence-electron chi connectivity index (χ4n) is 4.43. The Morgan fingerprint density at radius 2 is 1.52 bits per heavy atom. The number of anilines is 2. The second-order valence-electron chi connectivity index (χ2n) is 7.89. The molecule has 1 aliphatic carbocycles. The summed E-state index contributed by atoms with van der Waals surface area (Å²) in [7, 11) is 0. The number of carbonyl (C=O) groups is 1. The monoisotopic (exact) mass is 468 g/mol. The Kier molecular flexibility index (Phi) is 5.43. The van der Waals surface area contributed by atoms with Crippen molar-refractivity contribution in [2.45, 2.75) is 24.8 Å². The SMILES string of the molecule is O=C1C[C@@H](c2ccc(Cl)cc2)CC2=C1[C@H](c1ccc(Cl)cc1Cl)Nc1ccccc1N2. The summed E-state index contributed by atoms with van der Waals surface area (Å²) in [4.78, 5) is 13.5. The highest BCUT2D eigenvalue weighted by Gasteiger charge is 2.36. The molecule has 0 fully saturated rings. The van der Waals surface area contributed by atoms with Crippen molar-refractivity contribution in [1.29, 1.82) is 0 Å². The van der Waals surface area contributed by atoms with Crippen LogP contribution < -0.4 is 10.6 Å². The third-order valence-corrected chi connectivity index (χ3v) is 6.74. The predicted octanol–water partition coefficient (Wildman–Crippen LogP) is 7.63. The molecule has 0 unspecified atom stereocenters. The van der Waals surface area contributed by atoms with Gasteiger partial charge in [-0.05, 0) is 59.9 Å². The van der Waals surface area contributed by atoms with Gasteiger partial charge in [0.05, 0.1) is 17.4 Å². The summed E-state index contributed by atoms with van der Waals surface area (Å²) in [6.07, 6.45) is 1.16. The lowest BCUT2D eigenvalue weighted by molar-refractivity contribution is -0.116. The highest BCUT2D eigenvalue weighted by molar-refractivity contribution is 6.35. The van der Waals surface area contributed by atoms with E-state index in [1.54, 1.807) is 12.1 Å². The lowest BCUT2D eigenvalue weighted by atomic mass is 9.78. The lowest BCUT2D eigenvalue weighted by Gasteiger charge is -2.30. The molecule has 2 N–H and O–H groups in total. The normalized spacial score (nSPS) is 20.3. The number of rotatable bonds is 2. The number of Topliss-reactive ketones (excluding diaryl/α,β-unsaturated/α-hetero) is 1. The van der Waals surface area contributed by atoms with E-state index in [2.05, 4.69) is 10.6 Å². The third-order valence-electron chi connectivity index (χ3n) is 5.92. The first-order valence-corrected chi connectivity index (χ1v) is 11.2. The van der Waals surface area contributed by atoms with Crippen LogP contribution in [0, 0.1) is 0 Å². The van der Waals surface area contributed by atoms with E-state index in [1.165, 1.54) is 0 Å². The van der Waals surface area contributed by atoms with Gasteiger partial charge in [0.2, 0.25) is 0 Å². The molecule has 5 rings (SSSR count). The fraction of sp³-hybridized carbons (Fsp3) is 0.160. The fourth-order valence-corrected chi connectivity index (χ4v) is 5.08. The molecule has 6 heteroatoms. The number of carbonyl (C=O) groups excluding carboxylic acids is 1. The predicted molar refractivity (Wildman–Crippen MR) is 128 cm³/mol. The van der Waals surface area contributed by atoms with Gasteiger partial charge in [-0.25, -0.2) is 0 Å². The smallest absolute Gasteiger partial charge is 0.163 e. The molecule has 0 saturated carbocycles. The first-order valence-electron chi connectivity index (χ1n) is 10.1. The van der Waals surface area contributed by atoms with E-state index in [0.29, 0.717) is 21.5 Å². The number of fused-ring (bicyclic) bond motifs is 1. The van der Waals surface area contributed by atoms with E-state index < -0.39 is 0 Å². The number of para-hydroxylation sites is 2. The molecule has 0 radical (unpaired) electrons. The zero-order chi connectivity index (χ0) is 21.5. The van der Waals surface area contributed by atoms with Crippen LogP contribution in [0.4, 0.5) is 11.4 Å².